The largest absolute Gasteiger partial charge is 0.310 e. The van der Waals surface area contributed by atoms with Crippen LogP contribution in [-0.2, 0) is 10.0 Å². The van der Waals surface area contributed by atoms with Crippen LogP contribution in [0.5, 0.6) is 0 Å². The fourth-order valence-corrected chi connectivity index (χ4v) is 3.31. The molecule has 0 amide bonds. The molecular weight excluding hydrogens is 292 g/mol. The fourth-order valence-electron chi connectivity index (χ4n) is 1.77. The second kappa shape index (κ2) is 8.02. The first-order valence-corrected chi connectivity index (χ1v) is 9.53. The zero-order chi connectivity index (χ0) is 15.2. The summed E-state index contributed by atoms with van der Waals surface area (Å²) in [5.41, 5.74) is 0.979. The normalized spacial score (nSPS) is 15.0. The molecule has 0 aromatic heterocycles. The van der Waals surface area contributed by atoms with Crippen LogP contribution < -0.4 is 10.0 Å². The van der Waals surface area contributed by atoms with Gasteiger partial charge in [-0.1, -0.05) is 26.0 Å². The van der Waals surface area contributed by atoms with Crippen molar-refractivity contribution in [3.05, 3.63) is 29.8 Å². The maximum absolute atomic E-state index is 12.2. The first-order chi connectivity index (χ1) is 9.40. The minimum absolute atomic E-state index is 0.139. The monoisotopic (exact) mass is 316 g/mol. The maximum atomic E-state index is 12.2. The van der Waals surface area contributed by atoms with Crippen LogP contribution >= 0.6 is 11.8 Å². The zero-order valence-corrected chi connectivity index (χ0v) is 14.1. The molecular formula is C14H24N2O2S2. The van der Waals surface area contributed by atoms with Crippen LogP contribution in [-0.4, -0.2) is 33.0 Å². The van der Waals surface area contributed by atoms with Crippen molar-refractivity contribution >= 4 is 21.8 Å². The zero-order valence-electron chi connectivity index (χ0n) is 12.5. The number of hydrogen-bond acceptors (Lipinski definition) is 4. The van der Waals surface area contributed by atoms with Gasteiger partial charge in [-0.25, -0.2) is 13.1 Å². The quantitative estimate of drug-likeness (QED) is 0.773. The predicted octanol–water partition coefficient (Wildman–Crippen LogP) is 2.39. The summed E-state index contributed by atoms with van der Waals surface area (Å²) in [5, 5.41) is 3.54. The third kappa shape index (κ3) is 5.09. The Morgan fingerprint density at radius 1 is 1.30 bits per heavy atom. The van der Waals surface area contributed by atoms with E-state index in [1.165, 1.54) is 0 Å². The molecule has 0 aliphatic carbocycles. The molecule has 0 radical (unpaired) electrons. The number of hydrogen-bond donors (Lipinski definition) is 2. The van der Waals surface area contributed by atoms with Crippen molar-refractivity contribution in [1.82, 2.24) is 10.0 Å². The second-order valence-corrected chi connectivity index (χ2v) is 7.79. The van der Waals surface area contributed by atoms with Gasteiger partial charge in [-0.05, 0) is 37.4 Å². The van der Waals surface area contributed by atoms with Gasteiger partial charge in [0.25, 0.3) is 0 Å². The molecule has 20 heavy (non-hydrogen) atoms. The van der Waals surface area contributed by atoms with E-state index in [0.29, 0.717) is 11.4 Å². The average molecular weight is 316 g/mol. The third-order valence-electron chi connectivity index (χ3n) is 3.14. The van der Waals surface area contributed by atoms with Crippen LogP contribution in [0.25, 0.3) is 0 Å². The van der Waals surface area contributed by atoms with E-state index in [-0.39, 0.29) is 11.3 Å². The number of thioether (sulfide) groups is 1. The summed E-state index contributed by atoms with van der Waals surface area (Å²) in [4.78, 5) is 0.327. The number of rotatable bonds is 8. The van der Waals surface area contributed by atoms with Gasteiger partial charge in [0.05, 0.1) is 4.90 Å². The van der Waals surface area contributed by atoms with Gasteiger partial charge < -0.3 is 5.32 Å². The smallest absolute Gasteiger partial charge is 0.240 e. The standard InChI is InChI=1S/C14H24N2O2S2/c1-5-15-12(3)13-7-6-8-14(9-13)20(17,18)16-10-11(2)19-4/h6-9,11-12,15-16H,5,10H2,1-4H3. The fraction of sp³-hybridized carbons (Fsp3) is 0.571. The molecule has 2 atom stereocenters. The topological polar surface area (TPSA) is 58.2 Å². The molecule has 4 nitrogen and oxygen atoms in total. The van der Waals surface area contributed by atoms with Crippen LogP contribution in [0.15, 0.2) is 29.2 Å². The number of sulfonamides is 1. The molecule has 6 heteroatoms. The van der Waals surface area contributed by atoms with Crippen molar-refractivity contribution in [1.29, 1.82) is 0 Å². The molecule has 2 N–H and O–H groups in total. The van der Waals surface area contributed by atoms with Gasteiger partial charge in [0, 0.05) is 17.8 Å². The first kappa shape index (κ1) is 17.5. The van der Waals surface area contributed by atoms with Crippen molar-refractivity contribution < 1.29 is 8.42 Å². The molecule has 0 spiro atoms. The lowest BCUT2D eigenvalue weighted by Gasteiger charge is -2.15. The van der Waals surface area contributed by atoms with Crippen molar-refractivity contribution in [2.24, 2.45) is 0 Å². The Hall–Kier alpha value is -0.560. The van der Waals surface area contributed by atoms with Gasteiger partial charge >= 0.3 is 0 Å². The van der Waals surface area contributed by atoms with Gasteiger partial charge in [-0.2, -0.15) is 11.8 Å². The Bertz CT molecular complexity index is 518. The average Bonchev–Trinajstić information content (AvgIpc) is 2.45. The Kier molecular flexibility index (Phi) is 7.02. The lowest BCUT2D eigenvalue weighted by Crippen LogP contribution is -2.29. The molecule has 114 valence electrons. The first-order valence-electron chi connectivity index (χ1n) is 6.76. The van der Waals surface area contributed by atoms with Crippen LogP contribution in [0.4, 0.5) is 0 Å². The van der Waals surface area contributed by atoms with E-state index in [1.807, 2.05) is 33.1 Å². The van der Waals surface area contributed by atoms with E-state index in [9.17, 15) is 8.42 Å². The Morgan fingerprint density at radius 2 is 2.00 bits per heavy atom. The van der Waals surface area contributed by atoms with Gasteiger partial charge in [-0.15, -0.1) is 0 Å². The highest BCUT2D eigenvalue weighted by molar-refractivity contribution is 7.99. The predicted molar refractivity (Wildman–Crippen MR) is 86.7 cm³/mol. The van der Waals surface area contributed by atoms with Crippen molar-refractivity contribution in [3.8, 4) is 0 Å². The van der Waals surface area contributed by atoms with Crippen molar-refractivity contribution in [3.63, 3.8) is 0 Å². The van der Waals surface area contributed by atoms with E-state index in [4.69, 9.17) is 0 Å². The van der Waals surface area contributed by atoms with Crippen LogP contribution in [0, 0.1) is 0 Å². The number of benzene rings is 1. The molecule has 1 rings (SSSR count). The van der Waals surface area contributed by atoms with Gasteiger partial charge in [0.2, 0.25) is 10.0 Å². The molecule has 1 aromatic rings. The van der Waals surface area contributed by atoms with E-state index in [1.54, 1.807) is 30.0 Å². The summed E-state index contributed by atoms with van der Waals surface area (Å²) in [5.74, 6) is 0. The van der Waals surface area contributed by atoms with Crippen LogP contribution in [0.1, 0.15) is 32.4 Å². The molecule has 0 fully saturated rings. The summed E-state index contributed by atoms with van der Waals surface area (Å²) in [7, 11) is -3.43. The van der Waals surface area contributed by atoms with Gasteiger partial charge in [0.1, 0.15) is 0 Å². The van der Waals surface area contributed by atoms with Gasteiger partial charge in [-0.3, -0.25) is 0 Å². The Balaban J connectivity index is 2.87. The van der Waals surface area contributed by atoms with Crippen molar-refractivity contribution in [2.75, 3.05) is 19.3 Å². The lowest BCUT2D eigenvalue weighted by molar-refractivity contribution is 0.579. The third-order valence-corrected chi connectivity index (χ3v) is 5.53. The molecule has 0 aliphatic heterocycles. The minimum atomic E-state index is -3.43. The summed E-state index contributed by atoms with van der Waals surface area (Å²) in [6, 6.07) is 7.24. The number of nitrogens with one attached hydrogen (secondary N) is 2. The summed E-state index contributed by atoms with van der Waals surface area (Å²) < 4.78 is 27.1. The summed E-state index contributed by atoms with van der Waals surface area (Å²) in [6.45, 7) is 7.34. The second-order valence-electron chi connectivity index (χ2n) is 4.75. The minimum Gasteiger partial charge on any atom is -0.310 e. The molecule has 0 heterocycles. The molecule has 0 saturated heterocycles. The van der Waals surface area contributed by atoms with Gasteiger partial charge in [0.15, 0.2) is 0 Å². The highest BCUT2D eigenvalue weighted by atomic mass is 32.2. The highest BCUT2D eigenvalue weighted by Crippen LogP contribution is 2.17. The van der Waals surface area contributed by atoms with E-state index < -0.39 is 10.0 Å². The Morgan fingerprint density at radius 3 is 2.60 bits per heavy atom. The maximum Gasteiger partial charge on any atom is 0.240 e. The molecule has 0 aliphatic rings. The lowest BCUT2D eigenvalue weighted by atomic mass is 10.1. The van der Waals surface area contributed by atoms with E-state index >= 15 is 0 Å². The van der Waals surface area contributed by atoms with Crippen molar-refractivity contribution in [2.45, 2.75) is 37.0 Å². The Labute approximate surface area is 126 Å². The molecule has 1 aromatic carbocycles. The SMILES string of the molecule is CCNC(C)c1cccc(S(=O)(=O)NCC(C)SC)c1. The van der Waals surface area contributed by atoms with E-state index in [2.05, 4.69) is 10.0 Å². The summed E-state index contributed by atoms with van der Waals surface area (Å²) >= 11 is 1.64. The molecule has 2 unspecified atom stereocenters. The summed E-state index contributed by atoms with van der Waals surface area (Å²) in [6.07, 6.45) is 1.97. The highest BCUT2D eigenvalue weighted by Gasteiger charge is 2.16. The molecule has 0 saturated carbocycles. The van der Waals surface area contributed by atoms with E-state index in [0.717, 1.165) is 12.1 Å². The molecule has 0 bridgehead atoms. The van der Waals surface area contributed by atoms with Crippen LogP contribution in [0.3, 0.4) is 0 Å². The van der Waals surface area contributed by atoms with Crippen LogP contribution in [0.2, 0.25) is 0 Å².